The number of rotatable bonds is 14. The summed E-state index contributed by atoms with van der Waals surface area (Å²) in [6.07, 6.45) is 0.124. The Morgan fingerprint density at radius 2 is 0.833 bits per heavy atom. The van der Waals surface area contributed by atoms with Crippen molar-refractivity contribution < 1.29 is 37.6 Å². The van der Waals surface area contributed by atoms with Crippen LogP contribution in [0.5, 0.6) is 0 Å². The molecule has 0 heterocycles. The third-order valence-corrected chi connectivity index (χ3v) is 20.5. The van der Waals surface area contributed by atoms with Gasteiger partial charge in [-0.25, -0.2) is 0 Å². The molecule has 0 rings (SSSR count). The SMILES string of the molecule is CC(C)O[Si](C)(CC[Si](O)(O)O[Si](O)(O)CC[Si](C)(OC(C)C)C(C)C)C(C)C.O. The summed E-state index contributed by atoms with van der Waals surface area (Å²) >= 11 is 0. The van der Waals surface area contributed by atoms with Gasteiger partial charge in [0.15, 0.2) is 16.6 Å². The summed E-state index contributed by atoms with van der Waals surface area (Å²) in [4.78, 5) is 41.8. The fourth-order valence-corrected chi connectivity index (χ4v) is 16.8. The smallest absolute Gasteiger partial charge is 0.415 e. The molecule has 0 aromatic carbocycles. The predicted octanol–water partition coefficient (Wildman–Crippen LogP) is 2.85. The predicted molar refractivity (Wildman–Crippen MR) is 130 cm³/mol. The summed E-state index contributed by atoms with van der Waals surface area (Å²) in [6.45, 7) is 20.4. The summed E-state index contributed by atoms with van der Waals surface area (Å²) in [5, 5.41) is 0. The lowest BCUT2D eigenvalue weighted by Gasteiger charge is -2.36. The fraction of sp³-hybridized carbons (Fsp3) is 1.00. The zero-order valence-electron chi connectivity index (χ0n) is 20.7. The first kappa shape index (κ1) is 32.7. The van der Waals surface area contributed by atoms with E-state index in [1.54, 1.807) is 0 Å². The molecular weight excluding hydrogens is 457 g/mol. The lowest BCUT2D eigenvalue weighted by Crippen LogP contribution is -2.55. The van der Waals surface area contributed by atoms with Gasteiger partial charge in [-0.2, -0.15) is 0 Å². The van der Waals surface area contributed by atoms with Crippen molar-refractivity contribution in [3.63, 3.8) is 0 Å². The fourth-order valence-electron chi connectivity index (χ4n) is 3.23. The second-order valence-corrected chi connectivity index (χ2v) is 23.7. The van der Waals surface area contributed by atoms with Gasteiger partial charge in [0.05, 0.1) is 0 Å². The van der Waals surface area contributed by atoms with Gasteiger partial charge in [0, 0.05) is 24.3 Å². The maximum atomic E-state index is 10.4. The second kappa shape index (κ2) is 12.7. The minimum atomic E-state index is -4.21. The van der Waals surface area contributed by atoms with E-state index >= 15 is 0 Å². The van der Waals surface area contributed by atoms with Gasteiger partial charge < -0.3 is 37.6 Å². The highest BCUT2D eigenvalue weighted by Gasteiger charge is 2.49. The molecule has 184 valence electrons. The molecule has 0 aliphatic heterocycles. The molecule has 0 aromatic heterocycles. The zero-order chi connectivity index (χ0) is 23.3. The first-order chi connectivity index (χ1) is 12.8. The van der Waals surface area contributed by atoms with Crippen molar-refractivity contribution in [2.24, 2.45) is 0 Å². The second-order valence-electron chi connectivity index (χ2n) is 9.86. The summed E-state index contributed by atoms with van der Waals surface area (Å²) in [6, 6.07) is 1.03. The molecule has 12 heteroatoms. The minimum absolute atomic E-state index is 0. The summed E-state index contributed by atoms with van der Waals surface area (Å²) in [5.74, 6) is 0. The van der Waals surface area contributed by atoms with Crippen molar-refractivity contribution in [3.05, 3.63) is 0 Å². The van der Waals surface area contributed by atoms with Crippen LogP contribution in [0.4, 0.5) is 0 Å². The Morgan fingerprint density at radius 3 is 1.03 bits per heavy atom. The highest BCUT2D eigenvalue weighted by molar-refractivity contribution is 6.79. The van der Waals surface area contributed by atoms with Crippen LogP contribution in [0.1, 0.15) is 55.4 Å². The van der Waals surface area contributed by atoms with Gasteiger partial charge in [0.2, 0.25) is 0 Å². The van der Waals surface area contributed by atoms with Gasteiger partial charge in [0.25, 0.3) is 0 Å². The van der Waals surface area contributed by atoms with Gasteiger partial charge in [0.1, 0.15) is 0 Å². The number of hydrogen-bond donors (Lipinski definition) is 4. The molecule has 2 atom stereocenters. The summed E-state index contributed by atoms with van der Waals surface area (Å²) < 4.78 is 17.5. The quantitative estimate of drug-likeness (QED) is 0.267. The van der Waals surface area contributed by atoms with Crippen molar-refractivity contribution in [2.75, 3.05) is 0 Å². The maximum Gasteiger partial charge on any atom is 0.487 e. The van der Waals surface area contributed by atoms with Crippen molar-refractivity contribution >= 4 is 34.2 Å². The van der Waals surface area contributed by atoms with Gasteiger partial charge in [-0.15, -0.1) is 0 Å². The van der Waals surface area contributed by atoms with E-state index in [0.717, 1.165) is 0 Å². The topological polar surface area (TPSA) is 140 Å². The molecule has 6 N–H and O–H groups in total. The Labute approximate surface area is 187 Å². The number of hydrogen-bond acceptors (Lipinski definition) is 7. The molecule has 0 radical (unpaired) electrons. The monoisotopic (exact) mass is 504 g/mol. The van der Waals surface area contributed by atoms with Crippen molar-refractivity contribution in [1.29, 1.82) is 0 Å². The first-order valence-corrected chi connectivity index (χ1v) is 20.2. The first-order valence-electron chi connectivity index (χ1n) is 10.8. The third-order valence-electron chi connectivity index (χ3n) is 5.67. The molecule has 0 saturated heterocycles. The van der Waals surface area contributed by atoms with Crippen LogP contribution in [-0.2, 0) is 13.0 Å². The van der Waals surface area contributed by atoms with E-state index in [0.29, 0.717) is 23.2 Å². The average Bonchev–Trinajstić information content (AvgIpc) is 2.49. The minimum Gasteiger partial charge on any atom is -0.415 e. The lowest BCUT2D eigenvalue weighted by atomic mass is 10.5. The molecule has 8 nitrogen and oxygen atoms in total. The Balaban J connectivity index is 0. The highest BCUT2D eigenvalue weighted by Crippen LogP contribution is 2.33. The normalized spacial score (nSPS) is 17.4. The Bertz CT molecular complexity index is 449. The molecule has 0 fully saturated rings. The lowest BCUT2D eigenvalue weighted by molar-refractivity contribution is 0.153. The van der Waals surface area contributed by atoms with Crippen LogP contribution < -0.4 is 0 Å². The van der Waals surface area contributed by atoms with E-state index < -0.39 is 34.2 Å². The van der Waals surface area contributed by atoms with Crippen LogP contribution in [0, 0.1) is 0 Å². The van der Waals surface area contributed by atoms with E-state index in [1.165, 1.54) is 0 Å². The van der Waals surface area contributed by atoms with Crippen molar-refractivity contribution in [2.45, 2.75) is 116 Å². The van der Waals surface area contributed by atoms with Crippen molar-refractivity contribution in [3.8, 4) is 0 Å². The van der Waals surface area contributed by atoms with E-state index in [2.05, 4.69) is 40.8 Å². The standard InChI is InChI=1S/C18H46O7Si4.H2O/c1-15(2)23-26(9,17(5)6)11-13-28(19,20)25-29(21,22)14-12-27(10,18(7)8)24-16(3)4;/h15-22H,11-14H2,1-10H3;1H2. The molecule has 0 aliphatic rings. The van der Waals surface area contributed by atoms with Crippen LogP contribution >= 0.6 is 0 Å². The third kappa shape index (κ3) is 12.0. The van der Waals surface area contributed by atoms with Gasteiger partial charge >= 0.3 is 17.6 Å². The highest BCUT2D eigenvalue weighted by atomic mass is 28.5. The summed E-state index contributed by atoms with van der Waals surface area (Å²) in [7, 11) is -12.8. The largest absolute Gasteiger partial charge is 0.487 e. The molecule has 0 saturated carbocycles. The van der Waals surface area contributed by atoms with Crippen LogP contribution in [0.25, 0.3) is 0 Å². The molecule has 2 unspecified atom stereocenters. The average molecular weight is 505 g/mol. The van der Waals surface area contributed by atoms with Crippen molar-refractivity contribution in [1.82, 2.24) is 0 Å². The molecule has 0 aliphatic carbocycles. The zero-order valence-corrected chi connectivity index (χ0v) is 24.7. The van der Waals surface area contributed by atoms with Crippen LogP contribution in [0.15, 0.2) is 0 Å². The van der Waals surface area contributed by atoms with Gasteiger partial charge in [-0.1, -0.05) is 27.7 Å². The van der Waals surface area contributed by atoms with E-state index in [-0.39, 0.29) is 29.8 Å². The van der Waals surface area contributed by atoms with E-state index in [4.69, 9.17) is 13.0 Å². The Morgan fingerprint density at radius 1 is 0.567 bits per heavy atom. The Kier molecular flexibility index (Phi) is 13.9. The summed E-state index contributed by atoms with van der Waals surface area (Å²) in [5.41, 5.74) is 0.594. The molecular formula is C18H48O8Si4. The van der Waals surface area contributed by atoms with Gasteiger partial charge in [-0.05, 0) is 64.0 Å². The molecule has 0 spiro atoms. The van der Waals surface area contributed by atoms with E-state index in [9.17, 15) is 19.2 Å². The van der Waals surface area contributed by atoms with Crippen LogP contribution in [-0.4, -0.2) is 71.1 Å². The molecule has 0 aromatic rings. The molecule has 0 amide bonds. The Hall–Kier alpha value is 0.548. The molecule has 30 heavy (non-hydrogen) atoms. The maximum absolute atomic E-state index is 10.4. The van der Waals surface area contributed by atoms with Gasteiger partial charge in [-0.3, -0.25) is 0 Å². The molecule has 0 bridgehead atoms. The van der Waals surface area contributed by atoms with Crippen LogP contribution in [0.2, 0.25) is 48.4 Å². The van der Waals surface area contributed by atoms with E-state index in [1.807, 2.05) is 27.7 Å². The van der Waals surface area contributed by atoms with Crippen LogP contribution in [0.3, 0.4) is 0 Å².